The molecule has 47 valence electrons. The number of halogens is 2. The van der Waals surface area contributed by atoms with Gasteiger partial charge in [0.1, 0.15) is 4.84 Å². The zero-order valence-corrected chi connectivity index (χ0v) is 7.17. The van der Waals surface area contributed by atoms with Crippen molar-refractivity contribution in [2.24, 2.45) is 0 Å². The normalized spacial score (nSPS) is 10.5. The first-order chi connectivity index (χ1) is 3.77. The van der Waals surface area contributed by atoms with Crippen LogP contribution in [0.3, 0.4) is 0 Å². The summed E-state index contributed by atoms with van der Waals surface area (Å²) in [5.41, 5.74) is 0. The first-order valence-electron chi connectivity index (χ1n) is 2.70. The molecular formula is C5H9Cl2Si. The number of unbranched alkanes of at least 4 members (excludes halogenated alkanes) is 1. The molecule has 3 heteroatoms. The van der Waals surface area contributed by atoms with Crippen molar-refractivity contribution in [3.8, 4) is 0 Å². The number of hydrogen-bond donors (Lipinski definition) is 0. The average Bonchev–Trinajstić information content (AvgIpc) is 1.66. The van der Waals surface area contributed by atoms with Crippen molar-refractivity contribution in [1.29, 1.82) is 0 Å². The van der Waals surface area contributed by atoms with Gasteiger partial charge < -0.3 is 0 Å². The lowest BCUT2D eigenvalue weighted by Gasteiger charge is -1.96. The summed E-state index contributed by atoms with van der Waals surface area (Å²) in [7, 11) is 3.36. The highest BCUT2D eigenvalue weighted by Crippen LogP contribution is 2.11. The van der Waals surface area contributed by atoms with Crippen LogP contribution in [0.15, 0.2) is 0 Å². The van der Waals surface area contributed by atoms with E-state index in [0.717, 1.165) is 25.3 Å². The largest absolute Gasteiger partial charge is 0.107 e. The third-order valence-electron chi connectivity index (χ3n) is 0.849. The molecule has 0 aromatic heterocycles. The predicted molar refractivity (Wildman–Crippen MR) is 39.9 cm³/mol. The summed E-state index contributed by atoms with van der Waals surface area (Å²) < 4.78 is 0. The van der Waals surface area contributed by atoms with Gasteiger partial charge in [0.05, 0.1) is 0 Å². The maximum Gasteiger partial charge on any atom is 0.107 e. The minimum Gasteiger partial charge on any atom is -0.105 e. The molecule has 0 fully saturated rings. The van der Waals surface area contributed by atoms with Crippen molar-refractivity contribution in [2.75, 3.05) is 0 Å². The van der Waals surface area contributed by atoms with Crippen molar-refractivity contribution in [3.63, 3.8) is 0 Å². The Labute approximate surface area is 64.0 Å². The van der Waals surface area contributed by atoms with E-state index in [0.29, 0.717) is 0 Å². The van der Waals surface area contributed by atoms with Gasteiger partial charge >= 0.3 is 0 Å². The molecule has 0 aliphatic rings. The third kappa shape index (κ3) is 6.80. The van der Waals surface area contributed by atoms with Gasteiger partial charge in [-0.2, -0.15) is 0 Å². The Hall–Kier alpha value is 0.797. The highest BCUT2D eigenvalue weighted by molar-refractivity contribution is 6.44. The topological polar surface area (TPSA) is 0 Å². The lowest BCUT2D eigenvalue weighted by Crippen LogP contribution is -1.85. The van der Waals surface area contributed by atoms with E-state index in [2.05, 4.69) is 10.2 Å². The van der Waals surface area contributed by atoms with E-state index < -0.39 is 0 Å². The van der Waals surface area contributed by atoms with Gasteiger partial charge in [-0.25, -0.2) is 0 Å². The van der Waals surface area contributed by atoms with Crippen molar-refractivity contribution in [1.82, 2.24) is 0 Å². The zero-order valence-electron chi connectivity index (χ0n) is 4.66. The van der Waals surface area contributed by atoms with E-state index >= 15 is 0 Å². The van der Waals surface area contributed by atoms with Crippen LogP contribution in [0.5, 0.6) is 0 Å². The molecule has 0 rings (SSSR count). The van der Waals surface area contributed by atoms with E-state index in [1.54, 1.807) is 0 Å². The van der Waals surface area contributed by atoms with Crippen LogP contribution in [0, 0.1) is 0 Å². The summed E-state index contributed by atoms with van der Waals surface area (Å²) in [5.74, 6) is 0. The monoisotopic (exact) mass is 167 g/mol. The van der Waals surface area contributed by atoms with Crippen LogP contribution in [-0.2, 0) is 0 Å². The van der Waals surface area contributed by atoms with E-state index in [9.17, 15) is 0 Å². The molecule has 0 unspecified atom stereocenters. The summed E-state index contributed by atoms with van der Waals surface area (Å²) in [4.78, 5) is -0.173. The van der Waals surface area contributed by atoms with Crippen LogP contribution in [0.2, 0.25) is 6.04 Å². The molecule has 0 amide bonds. The fourth-order valence-corrected chi connectivity index (χ4v) is 0.982. The van der Waals surface area contributed by atoms with Crippen LogP contribution in [0.4, 0.5) is 0 Å². The smallest absolute Gasteiger partial charge is 0.105 e. The highest BCUT2D eigenvalue weighted by atomic mass is 35.5. The minimum absolute atomic E-state index is 0.173. The van der Waals surface area contributed by atoms with E-state index in [4.69, 9.17) is 23.2 Å². The molecule has 0 spiro atoms. The van der Waals surface area contributed by atoms with Crippen molar-refractivity contribution in [2.45, 2.75) is 30.1 Å². The second-order valence-electron chi connectivity index (χ2n) is 1.64. The average molecular weight is 168 g/mol. The van der Waals surface area contributed by atoms with Gasteiger partial charge in [-0.3, -0.25) is 0 Å². The maximum absolute atomic E-state index is 5.46. The Morgan fingerprint density at radius 1 is 1.25 bits per heavy atom. The number of rotatable bonds is 4. The second kappa shape index (κ2) is 5.93. The second-order valence-corrected chi connectivity index (χ2v) is 3.41. The summed E-state index contributed by atoms with van der Waals surface area (Å²) in [6, 6.07) is 1.04. The standard InChI is InChI=1S/C5H9Cl2Si/c6-5(7)3-1-2-4-8/h5H,1-4H2. The van der Waals surface area contributed by atoms with Gasteiger partial charge in [-0.15, -0.1) is 23.2 Å². The minimum atomic E-state index is -0.173. The molecule has 0 bridgehead atoms. The van der Waals surface area contributed by atoms with Gasteiger partial charge in [-0.1, -0.05) is 18.9 Å². The van der Waals surface area contributed by atoms with Crippen molar-refractivity contribution >= 4 is 33.4 Å². The van der Waals surface area contributed by atoms with Gasteiger partial charge in [0.2, 0.25) is 0 Å². The summed E-state index contributed by atoms with van der Waals surface area (Å²) in [6.45, 7) is 0. The fourth-order valence-electron chi connectivity index (χ4n) is 0.424. The quantitative estimate of drug-likeness (QED) is 0.344. The molecule has 0 heterocycles. The maximum atomic E-state index is 5.46. The molecular weight excluding hydrogens is 159 g/mol. The Bertz CT molecular complexity index is 47.7. The van der Waals surface area contributed by atoms with Crippen LogP contribution < -0.4 is 0 Å². The number of alkyl halides is 2. The molecule has 0 aliphatic heterocycles. The molecule has 0 aliphatic carbocycles. The first kappa shape index (κ1) is 8.80. The predicted octanol–water partition coefficient (Wildman–Crippen LogP) is 2.55. The van der Waals surface area contributed by atoms with E-state index in [1.807, 2.05) is 0 Å². The van der Waals surface area contributed by atoms with E-state index in [-0.39, 0.29) is 4.84 Å². The molecule has 8 heavy (non-hydrogen) atoms. The summed E-state index contributed by atoms with van der Waals surface area (Å²) >= 11 is 10.9. The molecule has 0 nitrogen and oxygen atoms in total. The Kier molecular flexibility index (Phi) is 6.52. The highest BCUT2D eigenvalue weighted by Gasteiger charge is 1.95. The molecule has 0 aromatic rings. The molecule has 0 saturated carbocycles. The van der Waals surface area contributed by atoms with Crippen LogP contribution >= 0.6 is 23.2 Å². The number of hydrogen-bond acceptors (Lipinski definition) is 0. The fraction of sp³-hybridized carbons (Fsp3) is 1.00. The van der Waals surface area contributed by atoms with Crippen LogP contribution in [-0.4, -0.2) is 15.1 Å². The Balaban J connectivity index is 2.72. The van der Waals surface area contributed by atoms with E-state index in [1.165, 1.54) is 0 Å². The zero-order chi connectivity index (χ0) is 6.41. The lowest BCUT2D eigenvalue weighted by molar-refractivity contribution is 0.756. The lowest BCUT2D eigenvalue weighted by atomic mass is 10.3. The van der Waals surface area contributed by atoms with Gasteiger partial charge in [-0.05, 0) is 6.42 Å². The first-order valence-corrected chi connectivity index (χ1v) is 4.28. The van der Waals surface area contributed by atoms with Gasteiger partial charge in [0.15, 0.2) is 0 Å². The Morgan fingerprint density at radius 3 is 2.25 bits per heavy atom. The third-order valence-corrected chi connectivity index (χ3v) is 1.64. The molecule has 3 radical (unpaired) electrons. The SMILES string of the molecule is [Si]CCCCC(Cl)Cl. The molecule has 0 saturated heterocycles. The van der Waals surface area contributed by atoms with Crippen molar-refractivity contribution in [3.05, 3.63) is 0 Å². The summed E-state index contributed by atoms with van der Waals surface area (Å²) in [6.07, 6.45) is 3.18. The van der Waals surface area contributed by atoms with Crippen LogP contribution in [0.1, 0.15) is 19.3 Å². The van der Waals surface area contributed by atoms with Gasteiger partial charge in [0.25, 0.3) is 0 Å². The van der Waals surface area contributed by atoms with Crippen molar-refractivity contribution < 1.29 is 0 Å². The Morgan fingerprint density at radius 2 is 1.88 bits per heavy atom. The molecule has 0 aromatic carbocycles. The molecule has 0 N–H and O–H groups in total. The summed E-state index contributed by atoms with van der Waals surface area (Å²) in [5, 5.41) is 0. The van der Waals surface area contributed by atoms with Gasteiger partial charge in [0, 0.05) is 10.2 Å². The molecule has 0 atom stereocenters. The van der Waals surface area contributed by atoms with Crippen LogP contribution in [0.25, 0.3) is 0 Å².